The number of hydrogen-bond donors (Lipinski definition) is 1. The van der Waals surface area contributed by atoms with E-state index in [9.17, 15) is 14.4 Å². The number of nitrogens with one attached hydrogen (secondary N) is 1. The molecule has 0 spiro atoms. The molecule has 0 radical (unpaired) electrons. The van der Waals surface area contributed by atoms with Crippen LogP contribution in [0.4, 0.5) is 5.69 Å². The van der Waals surface area contributed by atoms with Gasteiger partial charge in [0.25, 0.3) is 11.8 Å². The third kappa shape index (κ3) is 5.16. The van der Waals surface area contributed by atoms with Gasteiger partial charge in [0.05, 0.1) is 18.4 Å². The van der Waals surface area contributed by atoms with E-state index >= 15 is 0 Å². The molecular formula is C21H25N3O4. The average molecular weight is 383 g/mol. The van der Waals surface area contributed by atoms with Crippen LogP contribution in [0.2, 0.25) is 0 Å². The number of pyridine rings is 1. The van der Waals surface area contributed by atoms with Gasteiger partial charge in [0.1, 0.15) is 11.4 Å². The number of amides is 2. The minimum Gasteiger partial charge on any atom is -0.465 e. The molecule has 0 unspecified atom stereocenters. The number of aromatic nitrogens is 1. The highest BCUT2D eigenvalue weighted by Gasteiger charge is 2.19. The van der Waals surface area contributed by atoms with Crippen LogP contribution in [0.1, 0.15) is 58.0 Å². The van der Waals surface area contributed by atoms with Gasteiger partial charge in [-0.05, 0) is 37.1 Å². The van der Waals surface area contributed by atoms with E-state index in [0.717, 1.165) is 12.8 Å². The molecule has 0 aliphatic heterocycles. The summed E-state index contributed by atoms with van der Waals surface area (Å²) in [6.07, 6.45) is 1.69. The molecule has 1 aromatic heterocycles. The van der Waals surface area contributed by atoms with Gasteiger partial charge in [-0.15, -0.1) is 0 Å². The smallest absolute Gasteiger partial charge is 0.339 e. The van der Waals surface area contributed by atoms with Crippen LogP contribution in [0.25, 0.3) is 0 Å². The Morgan fingerprint density at radius 2 is 1.61 bits per heavy atom. The van der Waals surface area contributed by atoms with E-state index < -0.39 is 11.9 Å². The number of hydrogen-bond acceptors (Lipinski definition) is 5. The number of nitrogens with zero attached hydrogens (tertiary/aromatic N) is 2. The lowest BCUT2D eigenvalue weighted by Gasteiger charge is -2.21. The minimum absolute atomic E-state index is 0.0958. The van der Waals surface area contributed by atoms with Crippen molar-refractivity contribution in [2.75, 3.05) is 25.5 Å². The maximum Gasteiger partial charge on any atom is 0.339 e. The topological polar surface area (TPSA) is 88.6 Å². The molecule has 0 atom stereocenters. The lowest BCUT2D eigenvalue weighted by molar-refractivity contribution is 0.0601. The summed E-state index contributed by atoms with van der Waals surface area (Å²) in [5, 5.41) is 2.66. The average Bonchev–Trinajstić information content (AvgIpc) is 2.73. The molecular weight excluding hydrogens is 358 g/mol. The normalized spacial score (nSPS) is 10.2. The van der Waals surface area contributed by atoms with E-state index in [1.54, 1.807) is 41.3 Å². The Morgan fingerprint density at radius 3 is 2.25 bits per heavy atom. The van der Waals surface area contributed by atoms with Crippen molar-refractivity contribution in [1.82, 2.24) is 9.88 Å². The summed E-state index contributed by atoms with van der Waals surface area (Å²) in [6, 6.07) is 11.3. The fraction of sp³-hybridized carbons (Fsp3) is 0.333. The van der Waals surface area contributed by atoms with E-state index in [2.05, 4.69) is 10.3 Å². The first-order valence-corrected chi connectivity index (χ1v) is 9.26. The number of rotatable bonds is 8. The highest BCUT2D eigenvalue weighted by Crippen LogP contribution is 2.17. The third-order valence-electron chi connectivity index (χ3n) is 4.06. The van der Waals surface area contributed by atoms with Gasteiger partial charge < -0.3 is 15.0 Å². The number of esters is 1. The maximum atomic E-state index is 12.7. The minimum atomic E-state index is -0.553. The molecule has 7 nitrogen and oxygen atoms in total. The van der Waals surface area contributed by atoms with E-state index in [1.165, 1.54) is 13.2 Å². The maximum absolute atomic E-state index is 12.7. The highest BCUT2D eigenvalue weighted by atomic mass is 16.5. The van der Waals surface area contributed by atoms with Crippen molar-refractivity contribution in [3.8, 4) is 0 Å². The Balaban J connectivity index is 2.23. The second-order valence-corrected chi connectivity index (χ2v) is 6.19. The number of anilines is 1. The molecule has 1 aromatic carbocycles. The molecule has 0 bridgehead atoms. The first kappa shape index (κ1) is 21.1. The number of benzene rings is 1. The van der Waals surface area contributed by atoms with Gasteiger partial charge in [-0.25, -0.2) is 9.78 Å². The lowest BCUT2D eigenvalue weighted by Crippen LogP contribution is -2.33. The van der Waals surface area contributed by atoms with E-state index in [4.69, 9.17) is 4.74 Å². The predicted molar refractivity (Wildman–Crippen MR) is 106 cm³/mol. The zero-order valence-corrected chi connectivity index (χ0v) is 16.4. The van der Waals surface area contributed by atoms with Gasteiger partial charge >= 0.3 is 5.97 Å². The Kier molecular flexibility index (Phi) is 7.68. The van der Waals surface area contributed by atoms with Crippen LogP contribution in [0.15, 0.2) is 42.5 Å². The van der Waals surface area contributed by atoms with Crippen molar-refractivity contribution in [2.24, 2.45) is 0 Å². The number of carbonyl (C=O) groups excluding carboxylic acids is 3. The van der Waals surface area contributed by atoms with Crippen LogP contribution in [0.5, 0.6) is 0 Å². The van der Waals surface area contributed by atoms with Gasteiger partial charge in [0, 0.05) is 13.1 Å². The molecule has 148 valence electrons. The molecule has 0 aliphatic carbocycles. The summed E-state index contributed by atoms with van der Waals surface area (Å²) in [4.78, 5) is 43.1. The SMILES string of the molecule is CCCN(CCC)C(=O)c1cccc(C(=O)Nc2ccccc2C(=O)OC)n1. The van der Waals surface area contributed by atoms with Crippen molar-refractivity contribution >= 4 is 23.5 Å². The molecule has 28 heavy (non-hydrogen) atoms. The lowest BCUT2D eigenvalue weighted by atomic mass is 10.1. The van der Waals surface area contributed by atoms with Crippen LogP contribution in [0.3, 0.4) is 0 Å². The predicted octanol–water partition coefficient (Wildman–Crippen LogP) is 3.38. The Bertz CT molecular complexity index is 845. The summed E-state index contributed by atoms with van der Waals surface area (Å²) in [5.41, 5.74) is 0.869. The van der Waals surface area contributed by atoms with Gasteiger partial charge in [-0.1, -0.05) is 32.0 Å². The molecule has 0 saturated carbocycles. The molecule has 7 heteroatoms. The van der Waals surface area contributed by atoms with Crippen LogP contribution >= 0.6 is 0 Å². The van der Waals surface area contributed by atoms with Crippen molar-refractivity contribution < 1.29 is 19.1 Å². The fourth-order valence-electron chi connectivity index (χ4n) is 2.76. The third-order valence-corrected chi connectivity index (χ3v) is 4.06. The molecule has 0 saturated heterocycles. The summed E-state index contributed by atoms with van der Waals surface area (Å²) in [7, 11) is 1.27. The van der Waals surface area contributed by atoms with Crippen molar-refractivity contribution in [3.63, 3.8) is 0 Å². The largest absolute Gasteiger partial charge is 0.465 e. The number of para-hydroxylation sites is 1. The first-order valence-electron chi connectivity index (χ1n) is 9.26. The van der Waals surface area contributed by atoms with Crippen molar-refractivity contribution in [1.29, 1.82) is 0 Å². The Labute approximate surface area is 164 Å². The standard InChI is InChI=1S/C21H25N3O4/c1-4-13-24(14-5-2)20(26)18-12-8-11-17(22-18)19(25)23-16-10-7-6-9-15(16)21(27)28-3/h6-12H,4-5,13-14H2,1-3H3,(H,23,25). The highest BCUT2D eigenvalue weighted by molar-refractivity contribution is 6.07. The summed E-state index contributed by atoms with van der Waals surface area (Å²) in [5.74, 6) is -1.26. The van der Waals surface area contributed by atoms with Crippen molar-refractivity contribution in [2.45, 2.75) is 26.7 Å². The zero-order valence-electron chi connectivity index (χ0n) is 16.4. The zero-order chi connectivity index (χ0) is 20.5. The molecule has 0 aliphatic rings. The molecule has 1 heterocycles. The van der Waals surface area contributed by atoms with E-state index in [0.29, 0.717) is 18.8 Å². The van der Waals surface area contributed by atoms with Gasteiger partial charge in [-0.3, -0.25) is 9.59 Å². The summed E-state index contributed by atoms with van der Waals surface area (Å²) >= 11 is 0. The van der Waals surface area contributed by atoms with Crippen molar-refractivity contribution in [3.05, 3.63) is 59.4 Å². The molecule has 2 aromatic rings. The van der Waals surface area contributed by atoms with Crippen LogP contribution in [0, 0.1) is 0 Å². The summed E-state index contributed by atoms with van der Waals surface area (Å²) < 4.78 is 4.73. The van der Waals surface area contributed by atoms with Crippen LogP contribution in [-0.2, 0) is 4.74 Å². The molecule has 2 amide bonds. The molecule has 0 fully saturated rings. The molecule has 2 rings (SSSR count). The first-order chi connectivity index (χ1) is 13.5. The Hall–Kier alpha value is -3.22. The second-order valence-electron chi connectivity index (χ2n) is 6.19. The van der Waals surface area contributed by atoms with Crippen LogP contribution in [-0.4, -0.2) is 47.9 Å². The quantitative estimate of drug-likeness (QED) is 0.706. The number of methoxy groups -OCH3 is 1. The summed E-state index contributed by atoms with van der Waals surface area (Å²) in [6.45, 7) is 5.28. The second kappa shape index (κ2) is 10.2. The fourth-order valence-corrected chi connectivity index (χ4v) is 2.76. The van der Waals surface area contributed by atoms with E-state index in [1.807, 2.05) is 13.8 Å². The van der Waals surface area contributed by atoms with Crippen LogP contribution < -0.4 is 5.32 Å². The van der Waals surface area contributed by atoms with Gasteiger partial charge in [0.15, 0.2) is 0 Å². The van der Waals surface area contributed by atoms with Gasteiger partial charge in [0.2, 0.25) is 0 Å². The Morgan fingerprint density at radius 1 is 0.964 bits per heavy atom. The number of carbonyl (C=O) groups is 3. The van der Waals surface area contributed by atoms with E-state index in [-0.39, 0.29) is 22.9 Å². The number of ether oxygens (including phenoxy) is 1. The monoisotopic (exact) mass is 383 g/mol. The van der Waals surface area contributed by atoms with Gasteiger partial charge in [-0.2, -0.15) is 0 Å². The molecule has 1 N–H and O–H groups in total.